The van der Waals surface area contributed by atoms with Crippen molar-refractivity contribution in [1.29, 1.82) is 0 Å². The molecule has 1 spiro atoms. The Morgan fingerprint density at radius 3 is 2.30 bits per heavy atom. The number of fused-ring (bicyclic) bond motifs is 1. The quantitative estimate of drug-likeness (QED) is 0.369. The molecule has 208 valence electrons. The minimum Gasteiger partial charge on any atom is -0.371 e. The lowest BCUT2D eigenvalue weighted by molar-refractivity contribution is 0.254. The molecule has 1 aliphatic carbocycles. The summed E-state index contributed by atoms with van der Waals surface area (Å²) >= 11 is 0. The first kappa shape index (κ1) is 26.2. The van der Waals surface area contributed by atoms with Gasteiger partial charge in [0, 0.05) is 67.5 Å². The normalized spacial score (nSPS) is 16.3. The minimum atomic E-state index is -4.01. The van der Waals surface area contributed by atoms with Crippen LogP contribution < -0.4 is 21.1 Å². The van der Waals surface area contributed by atoms with Gasteiger partial charge in [0.2, 0.25) is 0 Å². The first-order valence-corrected chi connectivity index (χ1v) is 15.0. The Bertz CT molecular complexity index is 1790. The van der Waals surface area contributed by atoms with E-state index in [9.17, 15) is 18.0 Å². The maximum atomic E-state index is 13.7. The number of rotatable bonds is 5. The number of hydrogen-bond acceptors (Lipinski definition) is 5. The fraction of sp³-hybridized carbons (Fsp3) is 0.333. The Morgan fingerprint density at radius 1 is 0.950 bits per heavy atom. The van der Waals surface area contributed by atoms with Crippen LogP contribution in [0, 0.1) is 12.3 Å². The van der Waals surface area contributed by atoms with E-state index >= 15 is 0 Å². The summed E-state index contributed by atoms with van der Waals surface area (Å²) in [5.41, 5.74) is 4.26. The highest BCUT2D eigenvalue weighted by Crippen LogP contribution is 2.54. The summed E-state index contributed by atoms with van der Waals surface area (Å²) in [5, 5.41) is 5.96. The van der Waals surface area contributed by atoms with Crippen LogP contribution in [0.2, 0.25) is 0 Å². The highest BCUT2D eigenvalue weighted by molar-refractivity contribution is 7.90. The van der Waals surface area contributed by atoms with Gasteiger partial charge in [-0.1, -0.05) is 17.7 Å². The third kappa shape index (κ3) is 4.46. The molecule has 1 saturated carbocycles. The average Bonchev–Trinajstić information content (AvgIpc) is 3.53. The second kappa shape index (κ2) is 9.55. The van der Waals surface area contributed by atoms with E-state index in [0.29, 0.717) is 16.5 Å². The number of aryl methyl sites for hydroxylation is 2. The molecular formula is C30H33N5O4S. The van der Waals surface area contributed by atoms with Gasteiger partial charge in [-0.15, -0.1) is 0 Å². The number of benzene rings is 2. The van der Waals surface area contributed by atoms with Crippen molar-refractivity contribution in [3.05, 3.63) is 76.8 Å². The van der Waals surface area contributed by atoms with Crippen molar-refractivity contribution < 1.29 is 13.2 Å². The van der Waals surface area contributed by atoms with Crippen LogP contribution in [0.15, 0.2) is 70.6 Å². The van der Waals surface area contributed by atoms with Gasteiger partial charge in [0.15, 0.2) is 0 Å². The number of amides is 2. The SMILES string of the molecule is CNC(=O)Nc1ccc(N2CCC3(CC2)CC3)c(-c2cn(C)c(=O)c3c2ccn3S(=O)(=O)c2ccc(C)cc2)c1. The van der Waals surface area contributed by atoms with Crippen molar-refractivity contribution in [2.24, 2.45) is 12.5 Å². The van der Waals surface area contributed by atoms with E-state index in [1.54, 1.807) is 50.6 Å². The monoisotopic (exact) mass is 559 g/mol. The highest BCUT2D eigenvalue weighted by Gasteiger charge is 2.44. The van der Waals surface area contributed by atoms with Crippen molar-refractivity contribution in [2.75, 3.05) is 30.4 Å². The molecule has 2 aromatic carbocycles. The minimum absolute atomic E-state index is 0.0896. The molecule has 0 atom stereocenters. The van der Waals surface area contributed by atoms with Crippen molar-refractivity contribution in [3.63, 3.8) is 0 Å². The number of piperidine rings is 1. The van der Waals surface area contributed by atoms with Gasteiger partial charge >= 0.3 is 6.03 Å². The van der Waals surface area contributed by atoms with Gasteiger partial charge in [-0.3, -0.25) is 4.79 Å². The van der Waals surface area contributed by atoms with Crippen molar-refractivity contribution in [2.45, 2.75) is 37.5 Å². The first-order chi connectivity index (χ1) is 19.1. The van der Waals surface area contributed by atoms with Crippen LogP contribution in [0.25, 0.3) is 22.0 Å². The zero-order chi connectivity index (χ0) is 28.2. The van der Waals surface area contributed by atoms with Crippen LogP contribution in [-0.4, -0.2) is 43.1 Å². The van der Waals surface area contributed by atoms with E-state index < -0.39 is 15.6 Å². The first-order valence-electron chi connectivity index (χ1n) is 13.5. The summed E-state index contributed by atoms with van der Waals surface area (Å²) in [6, 6.07) is 13.7. The van der Waals surface area contributed by atoms with Crippen LogP contribution >= 0.6 is 0 Å². The number of nitrogens with one attached hydrogen (secondary N) is 2. The molecule has 6 rings (SSSR count). The predicted molar refractivity (Wildman–Crippen MR) is 158 cm³/mol. The number of aromatic nitrogens is 2. The second-order valence-corrected chi connectivity index (χ2v) is 12.9. The Labute approximate surface area is 233 Å². The summed E-state index contributed by atoms with van der Waals surface area (Å²) in [4.78, 5) is 28.0. The summed E-state index contributed by atoms with van der Waals surface area (Å²) in [7, 11) is -0.828. The Hall–Kier alpha value is -4.05. The molecule has 9 nitrogen and oxygen atoms in total. The number of carbonyl (C=O) groups excluding carboxylic acids is 1. The maximum Gasteiger partial charge on any atom is 0.318 e. The second-order valence-electron chi connectivity index (χ2n) is 11.1. The molecule has 1 saturated heterocycles. The van der Waals surface area contributed by atoms with Crippen molar-refractivity contribution >= 4 is 38.3 Å². The Kier molecular flexibility index (Phi) is 6.25. The third-order valence-electron chi connectivity index (χ3n) is 8.46. The van der Waals surface area contributed by atoms with Gasteiger partial charge in [-0.25, -0.2) is 17.2 Å². The Balaban J connectivity index is 1.53. The van der Waals surface area contributed by atoms with Gasteiger partial charge in [-0.2, -0.15) is 0 Å². The molecular weight excluding hydrogens is 526 g/mol. The largest absolute Gasteiger partial charge is 0.371 e. The molecule has 2 aromatic heterocycles. The molecule has 3 heterocycles. The smallest absolute Gasteiger partial charge is 0.318 e. The molecule has 0 radical (unpaired) electrons. The molecule has 40 heavy (non-hydrogen) atoms. The highest BCUT2D eigenvalue weighted by atomic mass is 32.2. The molecule has 4 aromatic rings. The molecule has 2 fully saturated rings. The van der Waals surface area contributed by atoms with Gasteiger partial charge in [0.05, 0.1) is 4.90 Å². The third-order valence-corrected chi connectivity index (χ3v) is 10.1. The number of nitrogens with zero attached hydrogens (tertiary/aromatic N) is 3. The molecule has 0 unspecified atom stereocenters. The van der Waals surface area contributed by atoms with E-state index in [4.69, 9.17) is 0 Å². The van der Waals surface area contributed by atoms with Crippen LogP contribution in [0.4, 0.5) is 16.2 Å². The van der Waals surface area contributed by atoms with E-state index in [1.165, 1.54) is 23.6 Å². The standard InChI is InChI=1S/C30H33N5O4S/c1-20-4-7-22(8-5-20)40(38,39)35-15-10-23-25(19-33(3)28(36)27(23)35)24-18-21(32-29(37)31-2)6-9-26(24)34-16-13-30(11-12-30)14-17-34/h4-10,15,18-19H,11-14,16-17H2,1-3H3,(H2,31,32,37). The fourth-order valence-electron chi connectivity index (χ4n) is 5.77. The zero-order valence-corrected chi connectivity index (χ0v) is 23.7. The summed E-state index contributed by atoms with van der Waals surface area (Å²) in [6.45, 7) is 3.74. The van der Waals surface area contributed by atoms with Crippen LogP contribution in [-0.2, 0) is 17.1 Å². The number of anilines is 2. The Morgan fingerprint density at radius 2 is 1.65 bits per heavy atom. The van der Waals surface area contributed by atoms with Crippen LogP contribution in [0.5, 0.6) is 0 Å². The van der Waals surface area contributed by atoms with E-state index in [-0.39, 0.29) is 16.4 Å². The summed E-state index contributed by atoms with van der Waals surface area (Å²) in [5.74, 6) is 0. The van der Waals surface area contributed by atoms with Crippen molar-refractivity contribution in [3.8, 4) is 11.1 Å². The topological polar surface area (TPSA) is 105 Å². The molecule has 1 aliphatic heterocycles. The molecule has 2 N–H and O–H groups in total. The molecule has 0 bridgehead atoms. The predicted octanol–water partition coefficient (Wildman–Crippen LogP) is 4.68. The summed E-state index contributed by atoms with van der Waals surface area (Å²) < 4.78 is 29.9. The van der Waals surface area contributed by atoms with E-state index in [0.717, 1.165) is 52.3 Å². The lowest BCUT2D eigenvalue weighted by Crippen LogP contribution is -2.34. The fourth-order valence-corrected chi connectivity index (χ4v) is 7.11. The van der Waals surface area contributed by atoms with Gasteiger partial charge < -0.3 is 20.1 Å². The van der Waals surface area contributed by atoms with E-state index in [2.05, 4.69) is 15.5 Å². The van der Waals surface area contributed by atoms with Gasteiger partial charge in [0.1, 0.15) is 5.52 Å². The average molecular weight is 560 g/mol. The van der Waals surface area contributed by atoms with Crippen LogP contribution in [0.3, 0.4) is 0 Å². The molecule has 2 amide bonds. The van der Waals surface area contributed by atoms with E-state index in [1.807, 2.05) is 25.1 Å². The molecule has 10 heteroatoms. The van der Waals surface area contributed by atoms with Gasteiger partial charge in [0.25, 0.3) is 15.6 Å². The number of pyridine rings is 1. The lowest BCUT2D eigenvalue weighted by Gasteiger charge is -2.35. The number of urea groups is 1. The van der Waals surface area contributed by atoms with Crippen molar-refractivity contribution in [1.82, 2.24) is 13.9 Å². The van der Waals surface area contributed by atoms with Gasteiger partial charge in [-0.05, 0) is 74.4 Å². The summed E-state index contributed by atoms with van der Waals surface area (Å²) in [6.07, 6.45) is 8.08. The lowest BCUT2D eigenvalue weighted by atomic mass is 9.92. The maximum absolute atomic E-state index is 13.7. The number of carbonyl (C=O) groups is 1. The molecule has 2 aliphatic rings. The van der Waals surface area contributed by atoms with Crippen LogP contribution in [0.1, 0.15) is 31.2 Å². The number of hydrogen-bond donors (Lipinski definition) is 2. The zero-order valence-electron chi connectivity index (χ0n) is 22.9.